The smallest absolute Gasteiger partial charge is 0.222 e. The number of carbonyl (C=O) groups excluding carboxylic acids is 2. The van der Waals surface area contributed by atoms with Crippen molar-refractivity contribution in [3.8, 4) is 0 Å². The van der Waals surface area contributed by atoms with E-state index in [1.807, 2.05) is 0 Å². The van der Waals surface area contributed by atoms with Gasteiger partial charge in [-0.25, -0.2) is 20.4 Å². The SMILES string of the molecule is CCCCCCCCCCCCCCCCCCCCCCCC.N=C=O.N=C=O. The van der Waals surface area contributed by atoms with Crippen LogP contribution in [0.5, 0.6) is 0 Å². The van der Waals surface area contributed by atoms with Crippen molar-refractivity contribution in [1.82, 2.24) is 0 Å². The molecule has 2 N–H and O–H groups in total. The fourth-order valence-electron chi connectivity index (χ4n) is 3.68. The molecule has 0 heterocycles. The Morgan fingerprint density at radius 3 is 0.567 bits per heavy atom. The van der Waals surface area contributed by atoms with E-state index in [-0.39, 0.29) is 0 Å². The van der Waals surface area contributed by atoms with Gasteiger partial charge in [0.25, 0.3) is 0 Å². The van der Waals surface area contributed by atoms with Crippen LogP contribution in [0.15, 0.2) is 0 Å². The maximum absolute atomic E-state index is 8.35. The molecule has 0 aliphatic carbocycles. The van der Waals surface area contributed by atoms with Crippen molar-refractivity contribution >= 4 is 12.2 Å². The first kappa shape index (κ1) is 33.4. The summed E-state index contributed by atoms with van der Waals surface area (Å²) in [6.07, 6.45) is 33.9. The first-order valence-corrected chi connectivity index (χ1v) is 12.8. The van der Waals surface area contributed by atoms with Crippen molar-refractivity contribution in [2.75, 3.05) is 0 Å². The van der Waals surface area contributed by atoms with E-state index < -0.39 is 0 Å². The molecule has 4 heteroatoms. The Morgan fingerprint density at radius 1 is 0.367 bits per heavy atom. The van der Waals surface area contributed by atoms with Gasteiger partial charge in [-0.2, -0.15) is 0 Å². The third-order valence-corrected chi connectivity index (χ3v) is 5.46. The van der Waals surface area contributed by atoms with E-state index >= 15 is 0 Å². The Morgan fingerprint density at radius 2 is 0.467 bits per heavy atom. The lowest BCUT2D eigenvalue weighted by Gasteiger charge is -2.04. The summed E-state index contributed by atoms with van der Waals surface area (Å²) in [5.74, 6) is 0. The summed E-state index contributed by atoms with van der Waals surface area (Å²) in [4.78, 5) is 16.7. The molecule has 4 nitrogen and oxygen atoms in total. The normalized spacial score (nSPS) is 9.53. The Hall–Kier alpha value is -1.24. The number of unbranched alkanes of at least 4 members (excludes halogenated alkanes) is 21. The van der Waals surface area contributed by atoms with Crippen molar-refractivity contribution < 1.29 is 9.59 Å². The van der Waals surface area contributed by atoms with Gasteiger partial charge < -0.3 is 0 Å². The predicted molar refractivity (Wildman–Crippen MR) is 130 cm³/mol. The fourth-order valence-corrected chi connectivity index (χ4v) is 3.68. The van der Waals surface area contributed by atoms with E-state index in [9.17, 15) is 0 Å². The highest BCUT2D eigenvalue weighted by molar-refractivity contribution is 5.26. The molecule has 0 bridgehead atoms. The molecule has 0 aliphatic heterocycles. The molecular weight excluding hydrogens is 372 g/mol. The molecule has 0 atom stereocenters. The Labute approximate surface area is 188 Å². The summed E-state index contributed by atoms with van der Waals surface area (Å²) in [5.41, 5.74) is 0. The number of isocyanates is 2. The van der Waals surface area contributed by atoms with Gasteiger partial charge in [0, 0.05) is 0 Å². The van der Waals surface area contributed by atoms with Gasteiger partial charge in [0.05, 0.1) is 0 Å². The monoisotopic (exact) mass is 424 g/mol. The molecule has 0 radical (unpaired) electrons. The zero-order valence-electron chi connectivity index (χ0n) is 20.4. The maximum Gasteiger partial charge on any atom is 0.231 e. The van der Waals surface area contributed by atoms with E-state index in [1.165, 1.54) is 141 Å². The van der Waals surface area contributed by atoms with Gasteiger partial charge in [-0.1, -0.05) is 155 Å². The second-order valence-electron chi connectivity index (χ2n) is 8.28. The van der Waals surface area contributed by atoms with E-state index in [0.717, 1.165) is 12.2 Å². The minimum atomic E-state index is 0.750. The van der Waals surface area contributed by atoms with Gasteiger partial charge in [-0.15, -0.1) is 0 Å². The molecule has 0 spiro atoms. The van der Waals surface area contributed by atoms with Crippen LogP contribution in [0.1, 0.15) is 155 Å². The number of hydrogen-bond donors (Lipinski definition) is 2. The molecule has 0 aromatic carbocycles. The Bertz CT molecular complexity index is 313. The summed E-state index contributed by atoms with van der Waals surface area (Å²) in [6, 6.07) is 0. The van der Waals surface area contributed by atoms with Crippen molar-refractivity contribution in [2.45, 2.75) is 155 Å². The molecule has 0 saturated heterocycles. The quantitative estimate of drug-likeness (QED) is 0.109. The third-order valence-electron chi connectivity index (χ3n) is 5.46. The van der Waals surface area contributed by atoms with Crippen LogP contribution in [0.3, 0.4) is 0 Å². The summed E-state index contributed by atoms with van der Waals surface area (Å²) in [5, 5.41) is 10.8. The van der Waals surface area contributed by atoms with Gasteiger partial charge in [0.2, 0.25) is 12.2 Å². The first-order chi connectivity index (χ1) is 14.7. The zero-order chi connectivity index (χ0) is 23.0. The van der Waals surface area contributed by atoms with Gasteiger partial charge in [-0.05, 0) is 0 Å². The minimum absolute atomic E-state index is 0.750. The molecule has 0 aromatic heterocycles. The van der Waals surface area contributed by atoms with Crippen LogP contribution in [0.25, 0.3) is 0 Å². The highest BCUT2D eigenvalue weighted by Crippen LogP contribution is 2.15. The number of hydrogen-bond acceptors (Lipinski definition) is 4. The second-order valence-corrected chi connectivity index (χ2v) is 8.28. The second kappa shape index (κ2) is 38.4. The standard InChI is InChI=1S/C24H50.2CHNO/c1-3-5-7-9-11-13-15-17-19-21-23-24-22-20-18-16-14-12-10-8-6-4-2;2*2-1-3/h3-24H2,1-2H3;2*2H. The molecule has 30 heavy (non-hydrogen) atoms. The Kier molecular flexibility index (Phi) is 42.7. The predicted octanol–water partition coefficient (Wildman–Crippen LogP) is 9.41. The largest absolute Gasteiger partial charge is 0.231 e. The minimum Gasteiger partial charge on any atom is -0.222 e. The molecule has 0 saturated carbocycles. The van der Waals surface area contributed by atoms with Crippen LogP contribution in [0.4, 0.5) is 0 Å². The van der Waals surface area contributed by atoms with Gasteiger partial charge in [0.15, 0.2) is 0 Å². The molecule has 0 rings (SSSR count). The highest BCUT2D eigenvalue weighted by Gasteiger charge is 1.95. The lowest BCUT2D eigenvalue weighted by Crippen LogP contribution is -1.84. The van der Waals surface area contributed by atoms with E-state index in [0.29, 0.717) is 0 Å². The molecule has 0 unspecified atom stereocenters. The van der Waals surface area contributed by atoms with Crippen molar-refractivity contribution in [3.63, 3.8) is 0 Å². The van der Waals surface area contributed by atoms with Gasteiger partial charge >= 0.3 is 0 Å². The molecule has 0 fully saturated rings. The molecule has 0 aliphatic rings. The third kappa shape index (κ3) is 45.5. The van der Waals surface area contributed by atoms with Crippen LogP contribution in [0.2, 0.25) is 0 Å². The lowest BCUT2D eigenvalue weighted by molar-refractivity contribution is 0.520. The fraction of sp³-hybridized carbons (Fsp3) is 0.923. The van der Waals surface area contributed by atoms with Crippen LogP contribution >= 0.6 is 0 Å². The van der Waals surface area contributed by atoms with Crippen LogP contribution in [-0.2, 0) is 9.59 Å². The van der Waals surface area contributed by atoms with Crippen molar-refractivity contribution in [2.24, 2.45) is 0 Å². The van der Waals surface area contributed by atoms with Crippen molar-refractivity contribution in [3.05, 3.63) is 0 Å². The average molecular weight is 425 g/mol. The molecule has 178 valence electrons. The van der Waals surface area contributed by atoms with Gasteiger partial charge in [-0.3, -0.25) is 0 Å². The lowest BCUT2D eigenvalue weighted by atomic mass is 10.0. The first-order valence-electron chi connectivity index (χ1n) is 12.8. The number of nitrogens with one attached hydrogen (secondary N) is 2. The topological polar surface area (TPSA) is 81.8 Å². The van der Waals surface area contributed by atoms with Crippen LogP contribution in [-0.4, -0.2) is 12.2 Å². The maximum atomic E-state index is 8.35. The Balaban J connectivity index is -0.00000107. The summed E-state index contributed by atoms with van der Waals surface area (Å²) in [7, 11) is 0. The van der Waals surface area contributed by atoms with Crippen LogP contribution in [0, 0.1) is 10.8 Å². The highest BCUT2D eigenvalue weighted by atomic mass is 16.1. The van der Waals surface area contributed by atoms with E-state index in [1.54, 1.807) is 0 Å². The average Bonchev–Trinajstić information content (AvgIpc) is 2.73. The van der Waals surface area contributed by atoms with E-state index in [4.69, 9.17) is 20.4 Å². The summed E-state index contributed by atoms with van der Waals surface area (Å²) >= 11 is 0. The van der Waals surface area contributed by atoms with E-state index in [2.05, 4.69) is 13.8 Å². The van der Waals surface area contributed by atoms with Crippen LogP contribution < -0.4 is 0 Å². The molecular formula is C26H52N2O2. The van der Waals surface area contributed by atoms with Gasteiger partial charge in [0.1, 0.15) is 0 Å². The van der Waals surface area contributed by atoms with Crippen molar-refractivity contribution in [1.29, 1.82) is 10.8 Å². The number of rotatable bonds is 21. The zero-order valence-corrected chi connectivity index (χ0v) is 20.4. The summed E-state index contributed by atoms with van der Waals surface area (Å²) < 4.78 is 0. The summed E-state index contributed by atoms with van der Waals surface area (Å²) in [6.45, 7) is 4.60. The molecule has 0 aromatic rings. The molecule has 0 amide bonds.